The van der Waals surface area contributed by atoms with E-state index in [-0.39, 0.29) is 36.9 Å². The molecule has 3 aromatic carbocycles. The highest BCUT2D eigenvalue weighted by atomic mass is 35.5. The molecule has 0 aromatic heterocycles. The molecule has 0 radical (unpaired) electrons. The summed E-state index contributed by atoms with van der Waals surface area (Å²) < 4.78 is 17.6. The Kier molecular flexibility index (Phi) is 11.7. The highest BCUT2D eigenvalue weighted by Gasteiger charge is 2.54. The summed E-state index contributed by atoms with van der Waals surface area (Å²) in [7, 11) is 0. The van der Waals surface area contributed by atoms with Crippen LogP contribution in [0.25, 0.3) is 0 Å². The summed E-state index contributed by atoms with van der Waals surface area (Å²) in [6.45, 7) is 5.93. The van der Waals surface area contributed by atoms with Crippen molar-refractivity contribution < 1.29 is 28.9 Å². The standard InChI is InChI=1S/C33H36Cl3N3O6/c1-32(2,3)45-28(41)15-16-33(31(42)39-37-20-22-7-4-5-8-26(22)35)29(25-14-11-23(34)19-27(25)36)44-30(38-33)21-9-12-24(13-10-21)43-18-6-17-40/h4-5,7-14,19,29,37,40H,6,15-18,20H2,1-3H3,(H,39,42)/t29-,33-/m0/s1. The number of ether oxygens (including phenoxy) is 3. The molecule has 3 aromatic rings. The summed E-state index contributed by atoms with van der Waals surface area (Å²) in [5.41, 5.74) is 5.15. The van der Waals surface area contributed by atoms with Gasteiger partial charge in [-0.05, 0) is 75.2 Å². The average Bonchev–Trinajstić information content (AvgIpc) is 3.37. The highest BCUT2D eigenvalue weighted by molar-refractivity contribution is 6.35. The van der Waals surface area contributed by atoms with Crippen molar-refractivity contribution >= 4 is 52.6 Å². The number of esters is 1. The molecule has 2 atom stereocenters. The number of carbonyl (C=O) groups excluding carboxylic acids is 2. The molecule has 1 heterocycles. The monoisotopic (exact) mass is 675 g/mol. The van der Waals surface area contributed by atoms with Crippen molar-refractivity contribution in [3.63, 3.8) is 0 Å². The first-order valence-corrected chi connectivity index (χ1v) is 15.6. The Hall–Kier alpha value is -3.34. The van der Waals surface area contributed by atoms with E-state index in [1.807, 2.05) is 18.2 Å². The fourth-order valence-corrected chi connectivity index (χ4v) is 5.43. The first-order valence-electron chi connectivity index (χ1n) is 14.5. The van der Waals surface area contributed by atoms with Gasteiger partial charge in [0.25, 0.3) is 5.91 Å². The van der Waals surface area contributed by atoms with E-state index >= 15 is 0 Å². The Morgan fingerprint density at radius 1 is 1.02 bits per heavy atom. The lowest BCUT2D eigenvalue weighted by molar-refractivity contribution is -0.155. The van der Waals surface area contributed by atoms with Gasteiger partial charge in [-0.3, -0.25) is 15.0 Å². The van der Waals surface area contributed by atoms with E-state index in [1.165, 1.54) is 0 Å². The Labute approximate surface area is 277 Å². The Morgan fingerprint density at radius 3 is 2.42 bits per heavy atom. The van der Waals surface area contributed by atoms with Crippen molar-refractivity contribution in [3.05, 3.63) is 98.5 Å². The highest BCUT2D eigenvalue weighted by Crippen LogP contribution is 2.45. The molecule has 0 fully saturated rings. The van der Waals surface area contributed by atoms with Crippen molar-refractivity contribution in [2.75, 3.05) is 13.2 Å². The molecule has 1 amide bonds. The van der Waals surface area contributed by atoms with Crippen molar-refractivity contribution in [2.24, 2.45) is 4.99 Å². The predicted molar refractivity (Wildman–Crippen MR) is 175 cm³/mol. The second-order valence-corrected chi connectivity index (χ2v) is 12.7. The maximum absolute atomic E-state index is 14.2. The zero-order chi connectivity index (χ0) is 32.6. The topological polar surface area (TPSA) is 118 Å². The van der Waals surface area contributed by atoms with Gasteiger partial charge in [-0.15, -0.1) is 0 Å². The zero-order valence-corrected chi connectivity index (χ0v) is 27.5. The summed E-state index contributed by atoms with van der Waals surface area (Å²) in [4.78, 5) is 32.0. The number of aliphatic imine (C=N–C) groups is 1. The summed E-state index contributed by atoms with van der Waals surface area (Å²) in [5.74, 6) is -0.264. The molecule has 0 spiro atoms. The van der Waals surface area contributed by atoms with E-state index < -0.39 is 29.1 Å². The van der Waals surface area contributed by atoms with Crippen molar-refractivity contribution in [1.29, 1.82) is 0 Å². The van der Waals surface area contributed by atoms with Gasteiger partial charge in [0.1, 0.15) is 11.4 Å². The molecule has 45 heavy (non-hydrogen) atoms. The Morgan fingerprint density at radius 2 is 1.76 bits per heavy atom. The number of hydrogen-bond donors (Lipinski definition) is 3. The van der Waals surface area contributed by atoms with Gasteiger partial charge in [-0.25, -0.2) is 10.4 Å². The van der Waals surface area contributed by atoms with Crippen LogP contribution in [0.3, 0.4) is 0 Å². The summed E-state index contributed by atoms with van der Waals surface area (Å²) >= 11 is 19.2. The quantitative estimate of drug-likeness (QED) is 0.106. The molecule has 0 saturated carbocycles. The molecular weight excluding hydrogens is 641 g/mol. The van der Waals surface area contributed by atoms with E-state index in [0.29, 0.717) is 39.9 Å². The first-order chi connectivity index (χ1) is 21.4. The second kappa shape index (κ2) is 15.3. The van der Waals surface area contributed by atoms with Crippen LogP contribution < -0.4 is 15.6 Å². The van der Waals surface area contributed by atoms with Gasteiger partial charge in [0, 0.05) is 52.2 Å². The third kappa shape index (κ3) is 9.11. The first kappa shape index (κ1) is 34.5. The Balaban J connectivity index is 1.72. The maximum Gasteiger partial charge on any atom is 0.306 e. The largest absolute Gasteiger partial charge is 0.494 e. The van der Waals surface area contributed by atoms with E-state index in [1.54, 1.807) is 69.3 Å². The van der Waals surface area contributed by atoms with Gasteiger partial charge >= 0.3 is 5.97 Å². The molecule has 1 aliphatic rings. The van der Waals surface area contributed by atoms with Crippen molar-refractivity contribution in [2.45, 2.75) is 63.8 Å². The number of hydrazine groups is 1. The van der Waals surface area contributed by atoms with Crippen LogP contribution in [0.1, 0.15) is 62.8 Å². The fraction of sp³-hybridized carbons (Fsp3) is 0.364. The number of aliphatic hydroxyl groups excluding tert-OH is 1. The minimum atomic E-state index is -1.65. The summed E-state index contributed by atoms with van der Waals surface area (Å²) in [5, 5.41) is 10.3. The molecule has 0 unspecified atom stereocenters. The normalized spacial score (nSPS) is 17.8. The maximum atomic E-state index is 14.2. The minimum Gasteiger partial charge on any atom is -0.494 e. The number of aliphatic hydroxyl groups is 1. The van der Waals surface area contributed by atoms with E-state index in [0.717, 1.165) is 5.56 Å². The molecule has 0 bridgehead atoms. The van der Waals surface area contributed by atoms with Crippen LogP contribution in [0.15, 0.2) is 71.7 Å². The van der Waals surface area contributed by atoms with Gasteiger partial charge in [-0.2, -0.15) is 0 Å². The molecule has 9 nitrogen and oxygen atoms in total. The lowest BCUT2D eigenvalue weighted by atomic mass is 9.83. The lowest BCUT2D eigenvalue weighted by Crippen LogP contribution is -2.52. The van der Waals surface area contributed by atoms with Crippen LogP contribution in [-0.2, 0) is 25.6 Å². The van der Waals surface area contributed by atoms with Crippen LogP contribution >= 0.6 is 34.8 Å². The molecular formula is C33H36Cl3N3O6. The van der Waals surface area contributed by atoms with Crippen LogP contribution in [0.5, 0.6) is 5.75 Å². The molecule has 1 aliphatic heterocycles. The molecule has 240 valence electrons. The number of benzene rings is 3. The predicted octanol–water partition coefficient (Wildman–Crippen LogP) is 6.61. The van der Waals surface area contributed by atoms with Crippen molar-refractivity contribution in [1.82, 2.24) is 10.9 Å². The average molecular weight is 677 g/mol. The third-order valence-electron chi connectivity index (χ3n) is 6.84. The SMILES string of the molecule is CC(C)(C)OC(=O)CC[C@]1(C(=O)NNCc2ccccc2Cl)N=C(c2ccc(OCCCO)cc2)O[C@H]1c1ccc(Cl)cc1Cl. The van der Waals surface area contributed by atoms with Gasteiger partial charge in [0.05, 0.1) is 6.61 Å². The minimum absolute atomic E-state index is 0.0259. The van der Waals surface area contributed by atoms with Gasteiger partial charge in [0.2, 0.25) is 5.90 Å². The smallest absolute Gasteiger partial charge is 0.306 e. The van der Waals surface area contributed by atoms with Crippen LogP contribution in [0, 0.1) is 0 Å². The van der Waals surface area contributed by atoms with Gasteiger partial charge in [0.15, 0.2) is 11.6 Å². The fourth-order valence-electron chi connectivity index (χ4n) is 4.72. The zero-order valence-electron chi connectivity index (χ0n) is 25.2. The van der Waals surface area contributed by atoms with E-state index in [2.05, 4.69) is 10.9 Å². The van der Waals surface area contributed by atoms with Crippen molar-refractivity contribution in [3.8, 4) is 5.75 Å². The van der Waals surface area contributed by atoms with Gasteiger partial charge in [-0.1, -0.05) is 59.1 Å². The summed E-state index contributed by atoms with van der Waals surface area (Å²) in [6, 6.07) is 19.1. The second-order valence-electron chi connectivity index (χ2n) is 11.4. The number of nitrogens with zero attached hydrogens (tertiary/aromatic N) is 1. The van der Waals surface area contributed by atoms with Crippen LogP contribution in [0.4, 0.5) is 0 Å². The number of carbonyl (C=O) groups is 2. The molecule has 0 aliphatic carbocycles. The number of amides is 1. The molecule has 3 N–H and O–H groups in total. The molecule has 4 rings (SSSR count). The van der Waals surface area contributed by atoms with E-state index in [4.69, 9.17) is 59.1 Å². The van der Waals surface area contributed by atoms with Crippen LogP contribution in [0.2, 0.25) is 15.1 Å². The number of hydrogen-bond acceptors (Lipinski definition) is 8. The third-order valence-corrected chi connectivity index (χ3v) is 7.77. The number of halogens is 3. The Bertz CT molecular complexity index is 1530. The molecule has 12 heteroatoms. The van der Waals surface area contributed by atoms with E-state index in [9.17, 15) is 9.59 Å². The number of nitrogens with one attached hydrogen (secondary N) is 2. The number of rotatable bonds is 13. The van der Waals surface area contributed by atoms with Gasteiger partial charge < -0.3 is 19.3 Å². The lowest BCUT2D eigenvalue weighted by Gasteiger charge is -2.31. The molecule has 0 saturated heterocycles. The van der Waals surface area contributed by atoms with Crippen LogP contribution in [-0.4, -0.2) is 47.2 Å². The summed E-state index contributed by atoms with van der Waals surface area (Å²) in [6.07, 6.45) is -0.714.